The van der Waals surface area contributed by atoms with E-state index in [1.54, 1.807) is 43.2 Å². The van der Waals surface area contributed by atoms with Gasteiger partial charge in [-0.25, -0.2) is 15.0 Å². The highest BCUT2D eigenvalue weighted by molar-refractivity contribution is 5.92. The van der Waals surface area contributed by atoms with Crippen LogP contribution in [-0.4, -0.2) is 153 Å². The first-order chi connectivity index (χ1) is 42.3. The van der Waals surface area contributed by atoms with E-state index >= 15 is 0 Å². The highest BCUT2D eigenvalue weighted by atomic mass is 19.4. The molecule has 0 bridgehead atoms. The highest BCUT2D eigenvalue weighted by Crippen LogP contribution is 2.29. The first kappa shape index (κ1) is 68.7. The number of nitrogens with zero attached hydrogens (tertiary/aromatic N) is 7. The van der Waals surface area contributed by atoms with E-state index in [4.69, 9.17) is 0 Å². The molecule has 3 fully saturated rings. The first-order valence-corrected chi connectivity index (χ1v) is 30.7. The number of imidazole rings is 3. The number of amides is 1. The summed E-state index contributed by atoms with van der Waals surface area (Å²) < 4.78 is 122. The van der Waals surface area contributed by atoms with Gasteiger partial charge in [-0.2, -0.15) is 0 Å². The predicted octanol–water partition coefficient (Wildman–Crippen LogP) is 13.4. The van der Waals surface area contributed by atoms with Crippen molar-refractivity contribution in [2.75, 3.05) is 82.6 Å². The number of piperidine rings is 3. The quantitative estimate of drug-likeness (QED) is 0.0233. The maximum absolute atomic E-state index is 12.4. The van der Waals surface area contributed by atoms with Crippen molar-refractivity contribution in [3.05, 3.63) is 133 Å². The molecular formula is C63H85F9N12O4. The average molecular weight is 1250 g/mol. The van der Waals surface area contributed by atoms with Crippen LogP contribution in [0.15, 0.2) is 110 Å². The summed E-state index contributed by atoms with van der Waals surface area (Å²) in [5, 5.41) is 6.11. The van der Waals surface area contributed by atoms with Crippen LogP contribution in [0.25, 0.3) is 0 Å². The van der Waals surface area contributed by atoms with Gasteiger partial charge in [-0.15, -0.1) is 39.5 Å². The fraction of sp³-hybridized carbons (Fsp3) is 0.556. The number of H-pyrrole nitrogens is 3. The normalized spacial score (nSPS) is 16.1. The zero-order valence-electron chi connectivity index (χ0n) is 50.1. The minimum atomic E-state index is -4.72. The third-order valence-corrected chi connectivity index (χ3v) is 15.8. The maximum atomic E-state index is 12.4. The van der Waals surface area contributed by atoms with Crippen molar-refractivity contribution in [1.82, 2.24) is 49.5 Å². The third kappa shape index (κ3) is 27.3. The van der Waals surface area contributed by atoms with Gasteiger partial charge in [-0.05, 0) is 215 Å². The fourth-order valence-electron chi connectivity index (χ4n) is 11.3. The molecule has 3 aliphatic rings. The fourth-order valence-corrected chi connectivity index (χ4v) is 11.3. The Morgan fingerprint density at radius 1 is 0.557 bits per heavy atom. The van der Waals surface area contributed by atoms with Crippen LogP contribution in [0.5, 0.6) is 17.2 Å². The summed E-state index contributed by atoms with van der Waals surface area (Å²) in [6.07, 6.45) is 13.6. The molecule has 0 unspecified atom stereocenters. The lowest BCUT2D eigenvalue weighted by Crippen LogP contribution is -2.39. The molecule has 3 saturated heterocycles. The number of carbonyl (C=O) groups excluding carboxylic acids is 1. The number of likely N-dealkylation sites (tertiary alicyclic amines) is 3. The second-order valence-corrected chi connectivity index (χ2v) is 22.8. The molecule has 88 heavy (non-hydrogen) atoms. The van der Waals surface area contributed by atoms with Gasteiger partial charge in [0.05, 0.1) is 19.0 Å². The Morgan fingerprint density at radius 2 is 1.00 bits per heavy atom. The summed E-state index contributed by atoms with van der Waals surface area (Å²) in [5.74, 6) is -0.162. The number of anilines is 2. The van der Waals surface area contributed by atoms with Crippen LogP contribution in [0.1, 0.15) is 113 Å². The van der Waals surface area contributed by atoms with Crippen molar-refractivity contribution in [1.29, 1.82) is 0 Å². The van der Waals surface area contributed by atoms with E-state index in [1.165, 1.54) is 85.6 Å². The molecule has 5 N–H and O–H groups in total. The van der Waals surface area contributed by atoms with E-state index in [-0.39, 0.29) is 35.1 Å². The average Bonchev–Trinajstić information content (AvgIpc) is 4.18. The SMILES string of the molecule is CCCN(Cc1ccc(OC(F)(F)F)cc1)CC1CCN(CCCCc2cnc[nH]2)CC1.FC(F)(F)Oc1cccc(NC2CCN(CCCCc3cnc[nH]3)CC2)c1.O=C(Nc1ccc(OC(F)(F)F)cc1)C1CCN(CCCCc2cnc[nH]2)CC1. The molecule has 484 valence electrons. The lowest BCUT2D eigenvalue weighted by molar-refractivity contribution is -0.275. The Labute approximate surface area is 509 Å². The molecule has 6 heterocycles. The van der Waals surface area contributed by atoms with Crippen molar-refractivity contribution in [3.63, 3.8) is 0 Å². The molecule has 1 amide bonds. The number of unbranched alkanes of at least 4 members (excludes halogenated alkanes) is 3. The van der Waals surface area contributed by atoms with Crippen LogP contribution in [0.4, 0.5) is 50.9 Å². The van der Waals surface area contributed by atoms with Crippen molar-refractivity contribution in [3.8, 4) is 17.2 Å². The molecule has 0 radical (unpaired) electrons. The number of rotatable bonds is 28. The smallest absolute Gasteiger partial charge is 0.406 e. The van der Waals surface area contributed by atoms with Gasteiger partial charge < -0.3 is 54.5 Å². The Bertz CT molecular complexity index is 2800. The molecule has 16 nitrogen and oxygen atoms in total. The summed E-state index contributed by atoms with van der Waals surface area (Å²) in [6, 6.07) is 17.8. The number of nitrogens with one attached hydrogen (secondary N) is 5. The maximum Gasteiger partial charge on any atom is 0.573 e. The van der Waals surface area contributed by atoms with Crippen molar-refractivity contribution < 1.29 is 58.5 Å². The standard InChI is InChI=1S/C24H35F3N4O.C20H25F3N4O2.C19H25F3N4O/c1-2-12-31(17-20-6-8-23(9-7-20)32-24(25,26)27)18-21-10-14-30(15-11-21)13-4-3-5-22-16-28-19-29-22;21-20(22,23)29-18-6-4-16(5-7-18)26-19(28)15-8-11-27(12-9-15)10-2-1-3-17-13-24-14-25-17;20-19(21,22)27-18-6-3-5-16(12-18)25-15-7-10-26(11-8-15)9-2-1-4-17-13-23-14-24-17/h6-9,16,19,21H,2-5,10-15,17-18H2,1H3,(H,28,29);4-7,13-15H,1-3,8-12H2,(H,24,25)(H,26,28);3,5-6,12-15,25H,1-2,4,7-11H2,(H,23,24). The predicted molar refractivity (Wildman–Crippen MR) is 320 cm³/mol. The van der Waals surface area contributed by atoms with E-state index in [0.717, 1.165) is 167 Å². The van der Waals surface area contributed by atoms with Crippen LogP contribution < -0.4 is 24.8 Å². The van der Waals surface area contributed by atoms with Gasteiger partial charge in [-0.3, -0.25) is 9.69 Å². The number of aromatic amines is 3. The molecule has 0 saturated carbocycles. The number of hydrogen-bond donors (Lipinski definition) is 5. The second-order valence-electron chi connectivity index (χ2n) is 22.8. The van der Waals surface area contributed by atoms with Crippen molar-refractivity contribution in [2.24, 2.45) is 11.8 Å². The van der Waals surface area contributed by atoms with E-state index in [2.05, 4.69) is 81.3 Å². The molecular weight excluding hydrogens is 1160 g/mol. The molecule has 25 heteroatoms. The summed E-state index contributed by atoms with van der Waals surface area (Å²) in [4.78, 5) is 43.7. The molecule has 3 aromatic carbocycles. The molecule has 0 aliphatic carbocycles. The van der Waals surface area contributed by atoms with Crippen LogP contribution in [-0.2, 0) is 30.6 Å². The van der Waals surface area contributed by atoms with E-state index in [0.29, 0.717) is 17.3 Å². The molecule has 0 atom stereocenters. The van der Waals surface area contributed by atoms with Gasteiger partial charge in [0.1, 0.15) is 17.2 Å². The summed E-state index contributed by atoms with van der Waals surface area (Å²) in [7, 11) is 0. The van der Waals surface area contributed by atoms with Gasteiger partial charge in [0.2, 0.25) is 5.91 Å². The van der Waals surface area contributed by atoms with Gasteiger partial charge in [-0.1, -0.05) is 25.1 Å². The summed E-state index contributed by atoms with van der Waals surface area (Å²) >= 11 is 0. The van der Waals surface area contributed by atoms with Crippen molar-refractivity contribution in [2.45, 2.75) is 141 Å². The molecule has 3 aliphatic heterocycles. The van der Waals surface area contributed by atoms with Crippen molar-refractivity contribution >= 4 is 17.3 Å². The zero-order chi connectivity index (χ0) is 62.6. The Balaban J connectivity index is 0.000000189. The van der Waals surface area contributed by atoms with Crippen LogP contribution in [0, 0.1) is 11.8 Å². The molecule has 6 aromatic rings. The highest BCUT2D eigenvalue weighted by Gasteiger charge is 2.33. The van der Waals surface area contributed by atoms with Gasteiger partial charge in [0, 0.05) is 91.3 Å². The number of alkyl halides is 9. The molecule has 3 aromatic heterocycles. The minimum absolute atomic E-state index is 0.0812. The third-order valence-electron chi connectivity index (χ3n) is 15.8. The van der Waals surface area contributed by atoms with E-state index in [9.17, 15) is 44.3 Å². The summed E-state index contributed by atoms with van der Waals surface area (Å²) in [6.45, 7) is 14.3. The minimum Gasteiger partial charge on any atom is -0.406 e. The van der Waals surface area contributed by atoms with Gasteiger partial charge >= 0.3 is 19.1 Å². The monoisotopic (exact) mass is 1240 g/mol. The van der Waals surface area contributed by atoms with Crippen LogP contribution in [0.2, 0.25) is 0 Å². The second kappa shape index (κ2) is 35.4. The van der Waals surface area contributed by atoms with E-state index in [1.807, 2.05) is 18.6 Å². The zero-order valence-corrected chi connectivity index (χ0v) is 50.1. The van der Waals surface area contributed by atoms with Crippen LogP contribution >= 0.6 is 0 Å². The number of aromatic nitrogens is 6. The van der Waals surface area contributed by atoms with E-state index < -0.39 is 19.1 Å². The van der Waals surface area contributed by atoms with Crippen LogP contribution in [0.3, 0.4) is 0 Å². The number of aryl methyl sites for hydroxylation is 3. The molecule has 0 spiro atoms. The lowest BCUT2D eigenvalue weighted by atomic mass is 9.95. The number of carbonyl (C=O) groups is 1. The Kier molecular flexibility index (Phi) is 27.6. The Morgan fingerprint density at radius 3 is 1.44 bits per heavy atom. The van der Waals surface area contributed by atoms with Gasteiger partial charge in [0.15, 0.2) is 0 Å². The number of hydrogen-bond acceptors (Lipinski definition) is 12. The molecule has 9 rings (SSSR count). The topological polar surface area (TPSA) is 168 Å². The first-order valence-electron chi connectivity index (χ1n) is 30.7. The lowest BCUT2D eigenvalue weighted by Gasteiger charge is -2.35. The largest absolute Gasteiger partial charge is 0.573 e. The summed E-state index contributed by atoms with van der Waals surface area (Å²) in [5.41, 5.74) is 5.68. The number of halogens is 9. The number of ether oxygens (including phenoxy) is 3. The van der Waals surface area contributed by atoms with Gasteiger partial charge in [0.25, 0.3) is 0 Å². The number of benzene rings is 3. The Hall–Kier alpha value is -6.83.